The summed E-state index contributed by atoms with van der Waals surface area (Å²) in [6, 6.07) is 2.12. The van der Waals surface area contributed by atoms with Crippen LogP contribution in [0.4, 0.5) is 5.82 Å². The van der Waals surface area contributed by atoms with E-state index in [1.54, 1.807) is 0 Å². The van der Waals surface area contributed by atoms with E-state index < -0.39 is 0 Å². The molecule has 2 rings (SSSR count). The van der Waals surface area contributed by atoms with Gasteiger partial charge >= 0.3 is 0 Å². The Morgan fingerprint density at radius 1 is 1.32 bits per heavy atom. The number of hydrogen-bond donors (Lipinski definition) is 1. The molecular formula is C15H26N4. The molecule has 0 saturated carbocycles. The number of hydrogen-bond acceptors (Lipinski definition) is 4. The van der Waals surface area contributed by atoms with E-state index in [1.807, 2.05) is 0 Å². The van der Waals surface area contributed by atoms with Crippen LogP contribution in [0.25, 0.3) is 0 Å². The summed E-state index contributed by atoms with van der Waals surface area (Å²) in [6.07, 6.45) is 0. The topological polar surface area (TPSA) is 45.4 Å². The second kappa shape index (κ2) is 5.10. The lowest BCUT2D eigenvalue weighted by Gasteiger charge is -2.46. The van der Waals surface area contributed by atoms with Gasteiger partial charge in [0.2, 0.25) is 0 Å². The third-order valence-electron chi connectivity index (χ3n) is 4.27. The lowest BCUT2D eigenvalue weighted by molar-refractivity contribution is 0.138. The maximum absolute atomic E-state index is 5.93. The number of aryl methyl sites for hydroxylation is 2. The van der Waals surface area contributed by atoms with Crippen molar-refractivity contribution in [3.05, 3.63) is 22.9 Å². The second-order valence-electron chi connectivity index (χ2n) is 6.24. The van der Waals surface area contributed by atoms with Crippen molar-refractivity contribution in [1.82, 2.24) is 9.88 Å². The summed E-state index contributed by atoms with van der Waals surface area (Å²) in [5, 5.41) is 0. The van der Waals surface area contributed by atoms with Crippen molar-refractivity contribution in [3.8, 4) is 0 Å². The molecule has 1 aliphatic rings. The fourth-order valence-corrected chi connectivity index (χ4v) is 2.78. The molecule has 4 heteroatoms. The average Bonchev–Trinajstić information content (AvgIpc) is 2.31. The zero-order valence-electron chi connectivity index (χ0n) is 12.8. The van der Waals surface area contributed by atoms with E-state index in [-0.39, 0.29) is 5.54 Å². The number of nitrogens with two attached hydrogens (primary N) is 1. The number of anilines is 1. The van der Waals surface area contributed by atoms with Crippen LogP contribution < -0.4 is 10.6 Å². The molecule has 19 heavy (non-hydrogen) atoms. The van der Waals surface area contributed by atoms with Gasteiger partial charge in [0.25, 0.3) is 0 Å². The van der Waals surface area contributed by atoms with E-state index in [9.17, 15) is 0 Å². The molecule has 0 aliphatic carbocycles. The summed E-state index contributed by atoms with van der Waals surface area (Å²) >= 11 is 0. The molecule has 2 N–H and O–H groups in total. The van der Waals surface area contributed by atoms with Gasteiger partial charge < -0.3 is 10.6 Å². The van der Waals surface area contributed by atoms with E-state index in [1.165, 1.54) is 11.1 Å². The average molecular weight is 262 g/mol. The van der Waals surface area contributed by atoms with Crippen molar-refractivity contribution < 1.29 is 0 Å². The maximum atomic E-state index is 5.93. The summed E-state index contributed by atoms with van der Waals surface area (Å²) in [7, 11) is 2.19. The zero-order valence-corrected chi connectivity index (χ0v) is 12.8. The van der Waals surface area contributed by atoms with Crippen LogP contribution in [-0.4, -0.2) is 42.1 Å². The summed E-state index contributed by atoms with van der Waals surface area (Å²) in [5.74, 6) is 1.08. The molecule has 106 valence electrons. The minimum absolute atomic E-state index is 0.170. The molecular weight excluding hydrogens is 236 g/mol. The van der Waals surface area contributed by atoms with E-state index >= 15 is 0 Å². The van der Waals surface area contributed by atoms with Gasteiger partial charge in [0, 0.05) is 43.0 Å². The van der Waals surface area contributed by atoms with Crippen molar-refractivity contribution in [2.75, 3.05) is 31.6 Å². The molecule has 1 fully saturated rings. The normalized spacial score (nSPS) is 19.8. The van der Waals surface area contributed by atoms with Gasteiger partial charge in [0.15, 0.2) is 0 Å². The van der Waals surface area contributed by atoms with Crippen LogP contribution >= 0.6 is 0 Å². The standard InChI is InChI=1S/C15H26N4/c1-11-8-12(2)17-14(13(11)9-16)19-7-6-18(5)15(3,4)10-19/h8H,6-7,9-10,16H2,1-5H3. The molecule has 0 atom stereocenters. The molecule has 1 aromatic rings. The summed E-state index contributed by atoms with van der Waals surface area (Å²) in [6.45, 7) is 12.4. The Hall–Kier alpha value is -1.13. The fraction of sp³-hybridized carbons (Fsp3) is 0.667. The quantitative estimate of drug-likeness (QED) is 0.881. The van der Waals surface area contributed by atoms with Gasteiger partial charge in [-0.1, -0.05) is 0 Å². The van der Waals surface area contributed by atoms with E-state index in [0.717, 1.165) is 31.1 Å². The van der Waals surface area contributed by atoms with Crippen LogP contribution in [0.5, 0.6) is 0 Å². The van der Waals surface area contributed by atoms with Crippen molar-refractivity contribution in [2.45, 2.75) is 39.8 Å². The van der Waals surface area contributed by atoms with E-state index in [2.05, 4.69) is 50.6 Å². The zero-order chi connectivity index (χ0) is 14.2. The Labute approximate surface area is 116 Å². The van der Waals surface area contributed by atoms with E-state index in [0.29, 0.717) is 6.54 Å². The first-order valence-electron chi connectivity index (χ1n) is 6.98. The number of rotatable bonds is 2. The Bertz CT molecular complexity index is 467. The molecule has 2 heterocycles. The lowest BCUT2D eigenvalue weighted by atomic mass is 9.98. The van der Waals surface area contributed by atoms with Gasteiger partial charge in [0.05, 0.1) is 0 Å². The van der Waals surface area contributed by atoms with Crippen LogP contribution in [0, 0.1) is 13.8 Å². The van der Waals surface area contributed by atoms with Crippen molar-refractivity contribution >= 4 is 5.82 Å². The van der Waals surface area contributed by atoms with Crippen LogP contribution in [-0.2, 0) is 6.54 Å². The highest BCUT2D eigenvalue weighted by Crippen LogP contribution is 2.27. The van der Waals surface area contributed by atoms with Crippen molar-refractivity contribution in [3.63, 3.8) is 0 Å². The summed E-state index contributed by atoms with van der Waals surface area (Å²) < 4.78 is 0. The van der Waals surface area contributed by atoms with Gasteiger partial charge in [-0.2, -0.15) is 0 Å². The number of likely N-dealkylation sites (N-methyl/N-ethyl adjacent to an activating group) is 1. The number of pyridine rings is 1. The molecule has 1 aromatic heterocycles. The van der Waals surface area contributed by atoms with Crippen LogP contribution in [0.1, 0.15) is 30.7 Å². The molecule has 1 saturated heterocycles. The first-order chi connectivity index (χ1) is 8.85. The Balaban J connectivity index is 2.37. The minimum atomic E-state index is 0.170. The van der Waals surface area contributed by atoms with E-state index in [4.69, 9.17) is 10.7 Å². The van der Waals surface area contributed by atoms with Gasteiger partial charge in [-0.25, -0.2) is 4.98 Å². The highest BCUT2D eigenvalue weighted by atomic mass is 15.3. The predicted octanol–water partition coefficient (Wildman–Crippen LogP) is 1.69. The highest BCUT2D eigenvalue weighted by Gasteiger charge is 2.32. The third kappa shape index (κ3) is 2.74. The highest BCUT2D eigenvalue weighted by molar-refractivity contribution is 5.52. The van der Waals surface area contributed by atoms with Gasteiger partial charge in [-0.3, -0.25) is 4.90 Å². The Kier molecular flexibility index (Phi) is 3.83. The monoisotopic (exact) mass is 262 g/mol. The van der Waals surface area contributed by atoms with Gasteiger partial charge in [-0.05, 0) is 46.4 Å². The SMILES string of the molecule is Cc1cc(C)c(CN)c(N2CCN(C)C(C)(C)C2)n1. The summed E-state index contributed by atoms with van der Waals surface area (Å²) in [4.78, 5) is 9.55. The maximum Gasteiger partial charge on any atom is 0.133 e. The fourth-order valence-electron chi connectivity index (χ4n) is 2.78. The molecule has 0 radical (unpaired) electrons. The van der Waals surface area contributed by atoms with Crippen LogP contribution in [0.2, 0.25) is 0 Å². The molecule has 0 bridgehead atoms. The number of nitrogens with zero attached hydrogens (tertiary/aromatic N) is 3. The molecule has 0 unspecified atom stereocenters. The van der Waals surface area contributed by atoms with Crippen LogP contribution in [0.3, 0.4) is 0 Å². The third-order valence-corrected chi connectivity index (χ3v) is 4.27. The number of piperazine rings is 1. The molecule has 0 amide bonds. The van der Waals surface area contributed by atoms with Crippen LogP contribution in [0.15, 0.2) is 6.07 Å². The van der Waals surface area contributed by atoms with Gasteiger partial charge in [0.1, 0.15) is 5.82 Å². The van der Waals surface area contributed by atoms with Crippen molar-refractivity contribution in [2.24, 2.45) is 5.73 Å². The summed E-state index contributed by atoms with van der Waals surface area (Å²) in [5.41, 5.74) is 9.60. The molecule has 4 nitrogen and oxygen atoms in total. The predicted molar refractivity (Wildman–Crippen MR) is 80.5 cm³/mol. The van der Waals surface area contributed by atoms with Gasteiger partial charge in [-0.15, -0.1) is 0 Å². The van der Waals surface area contributed by atoms with Crippen molar-refractivity contribution in [1.29, 1.82) is 0 Å². The Morgan fingerprint density at radius 3 is 2.58 bits per heavy atom. The largest absolute Gasteiger partial charge is 0.353 e. The smallest absolute Gasteiger partial charge is 0.133 e. The second-order valence-corrected chi connectivity index (χ2v) is 6.24. The number of aromatic nitrogens is 1. The Morgan fingerprint density at radius 2 is 2.00 bits per heavy atom. The molecule has 0 aromatic carbocycles. The molecule has 0 spiro atoms. The minimum Gasteiger partial charge on any atom is -0.353 e. The lowest BCUT2D eigenvalue weighted by Crippen LogP contribution is -2.58. The first kappa shape index (κ1) is 14.3. The molecule has 1 aliphatic heterocycles. The first-order valence-corrected chi connectivity index (χ1v) is 6.98.